The van der Waals surface area contributed by atoms with E-state index >= 15 is 0 Å². The van der Waals surface area contributed by atoms with E-state index in [4.69, 9.17) is 0 Å². The third-order valence-corrected chi connectivity index (χ3v) is 3.45. The Morgan fingerprint density at radius 3 is 2.39 bits per heavy atom. The van der Waals surface area contributed by atoms with Crippen LogP contribution in [0.15, 0.2) is 30.3 Å². The minimum atomic E-state index is 0.205. The van der Waals surface area contributed by atoms with Crippen LogP contribution in [0.2, 0.25) is 0 Å². The van der Waals surface area contributed by atoms with Crippen molar-refractivity contribution in [1.29, 1.82) is 0 Å². The van der Waals surface area contributed by atoms with Crippen molar-refractivity contribution in [3.8, 4) is 0 Å². The van der Waals surface area contributed by atoms with Gasteiger partial charge in [-0.1, -0.05) is 63.4 Å². The second kappa shape index (κ2) is 9.12. The van der Waals surface area contributed by atoms with Gasteiger partial charge in [0, 0.05) is 12.1 Å². The average molecular weight is 249 g/mol. The highest BCUT2D eigenvalue weighted by Crippen LogP contribution is 2.20. The lowest BCUT2D eigenvalue weighted by Crippen LogP contribution is -2.35. The molecule has 1 rings (SSSR count). The summed E-state index contributed by atoms with van der Waals surface area (Å²) >= 11 is 0. The van der Waals surface area contributed by atoms with Crippen molar-refractivity contribution in [2.75, 3.05) is 6.61 Å². The second-order valence-electron chi connectivity index (χ2n) is 4.91. The number of rotatable bonds is 9. The highest BCUT2D eigenvalue weighted by molar-refractivity contribution is 5.19. The van der Waals surface area contributed by atoms with Crippen LogP contribution in [0.25, 0.3) is 0 Å². The molecule has 0 spiro atoms. The third kappa shape index (κ3) is 5.19. The van der Waals surface area contributed by atoms with Gasteiger partial charge in [-0.25, -0.2) is 0 Å². The Labute approximate surface area is 111 Å². The van der Waals surface area contributed by atoms with Gasteiger partial charge in [0.2, 0.25) is 0 Å². The number of aliphatic hydroxyl groups is 1. The highest BCUT2D eigenvalue weighted by atomic mass is 16.3. The number of unbranched alkanes of at least 4 members (excludes halogenated alkanes) is 2. The van der Waals surface area contributed by atoms with Gasteiger partial charge in [-0.05, 0) is 18.4 Å². The quantitative estimate of drug-likeness (QED) is 0.654. The van der Waals surface area contributed by atoms with Gasteiger partial charge in [0.25, 0.3) is 0 Å². The fraction of sp³-hybridized carbons (Fsp3) is 0.625. The lowest BCUT2D eigenvalue weighted by atomic mass is 9.99. The van der Waals surface area contributed by atoms with Gasteiger partial charge < -0.3 is 10.4 Å². The molecule has 0 aromatic heterocycles. The maximum absolute atomic E-state index is 9.33. The summed E-state index contributed by atoms with van der Waals surface area (Å²) in [6.07, 6.45) is 5.88. The molecule has 2 nitrogen and oxygen atoms in total. The molecule has 0 bridgehead atoms. The van der Waals surface area contributed by atoms with E-state index in [9.17, 15) is 5.11 Å². The largest absolute Gasteiger partial charge is 0.395 e. The summed E-state index contributed by atoms with van der Waals surface area (Å²) in [7, 11) is 0. The molecule has 2 heteroatoms. The lowest BCUT2D eigenvalue weighted by Gasteiger charge is -2.24. The molecule has 2 N–H and O–H groups in total. The van der Waals surface area contributed by atoms with Crippen molar-refractivity contribution in [3.05, 3.63) is 35.9 Å². The van der Waals surface area contributed by atoms with Crippen LogP contribution in [-0.2, 0) is 0 Å². The molecule has 0 aliphatic rings. The standard InChI is InChI=1S/C16H27NO/c1-3-5-7-12-16(17-15(4-2)13-18)14-10-8-6-9-11-14/h6,8-11,15-18H,3-5,7,12-13H2,1-2H3/t15-,16?/m0/s1. The van der Waals surface area contributed by atoms with Crippen molar-refractivity contribution in [3.63, 3.8) is 0 Å². The maximum Gasteiger partial charge on any atom is 0.0584 e. The number of aliphatic hydroxyl groups excluding tert-OH is 1. The van der Waals surface area contributed by atoms with E-state index in [0.717, 1.165) is 12.8 Å². The Morgan fingerprint density at radius 2 is 1.83 bits per heavy atom. The summed E-state index contributed by atoms with van der Waals surface area (Å²) in [5, 5.41) is 12.9. The summed E-state index contributed by atoms with van der Waals surface area (Å²) in [6.45, 7) is 4.56. The topological polar surface area (TPSA) is 32.3 Å². The van der Waals surface area contributed by atoms with Gasteiger partial charge >= 0.3 is 0 Å². The smallest absolute Gasteiger partial charge is 0.0584 e. The van der Waals surface area contributed by atoms with E-state index < -0.39 is 0 Å². The van der Waals surface area contributed by atoms with E-state index in [2.05, 4.69) is 49.5 Å². The van der Waals surface area contributed by atoms with Crippen LogP contribution in [0.4, 0.5) is 0 Å². The Kier molecular flexibility index (Phi) is 7.70. The van der Waals surface area contributed by atoms with E-state index in [1.807, 2.05) is 0 Å². The Balaban J connectivity index is 2.62. The first-order valence-corrected chi connectivity index (χ1v) is 7.23. The molecule has 1 aromatic rings. The Morgan fingerprint density at radius 1 is 1.11 bits per heavy atom. The molecule has 0 amide bonds. The molecule has 0 aliphatic heterocycles. The van der Waals surface area contributed by atoms with Crippen molar-refractivity contribution in [1.82, 2.24) is 5.32 Å². The number of hydrogen-bond acceptors (Lipinski definition) is 2. The zero-order chi connectivity index (χ0) is 13.2. The zero-order valence-corrected chi connectivity index (χ0v) is 11.7. The van der Waals surface area contributed by atoms with E-state index in [1.165, 1.54) is 24.8 Å². The summed E-state index contributed by atoms with van der Waals surface area (Å²) < 4.78 is 0. The number of benzene rings is 1. The minimum absolute atomic E-state index is 0.205. The second-order valence-corrected chi connectivity index (χ2v) is 4.91. The van der Waals surface area contributed by atoms with Crippen LogP contribution in [0.5, 0.6) is 0 Å². The van der Waals surface area contributed by atoms with Crippen LogP contribution >= 0.6 is 0 Å². The van der Waals surface area contributed by atoms with Crippen molar-refractivity contribution < 1.29 is 5.11 Å². The van der Waals surface area contributed by atoms with Crippen LogP contribution in [0, 0.1) is 0 Å². The monoisotopic (exact) mass is 249 g/mol. The van der Waals surface area contributed by atoms with Crippen LogP contribution in [-0.4, -0.2) is 17.8 Å². The van der Waals surface area contributed by atoms with Gasteiger partial charge in [-0.3, -0.25) is 0 Å². The first-order chi connectivity index (χ1) is 8.81. The fourth-order valence-electron chi connectivity index (χ4n) is 2.21. The highest BCUT2D eigenvalue weighted by Gasteiger charge is 2.14. The van der Waals surface area contributed by atoms with Crippen LogP contribution in [0.1, 0.15) is 57.6 Å². The van der Waals surface area contributed by atoms with Crippen molar-refractivity contribution >= 4 is 0 Å². The Hall–Kier alpha value is -0.860. The molecule has 0 heterocycles. The fourth-order valence-corrected chi connectivity index (χ4v) is 2.21. The van der Waals surface area contributed by atoms with E-state index in [1.54, 1.807) is 0 Å². The molecule has 1 aromatic carbocycles. The van der Waals surface area contributed by atoms with Gasteiger partial charge in [0.15, 0.2) is 0 Å². The van der Waals surface area contributed by atoms with Crippen molar-refractivity contribution in [2.45, 2.75) is 58.0 Å². The maximum atomic E-state index is 9.33. The minimum Gasteiger partial charge on any atom is -0.395 e. The number of hydrogen-bond donors (Lipinski definition) is 2. The van der Waals surface area contributed by atoms with Crippen LogP contribution < -0.4 is 5.32 Å². The van der Waals surface area contributed by atoms with E-state index in [-0.39, 0.29) is 12.6 Å². The molecule has 1 unspecified atom stereocenters. The molecule has 102 valence electrons. The van der Waals surface area contributed by atoms with Crippen molar-refractivity contribution in [2.24, 2.45) is 0 Å². The molecule has 0 radical (unpaired) electrons. The Bertz CT molecular complexity index is 295. The number of nitrogens with one attached hydrogen (secondary N) is 1. The van der Waals surface area contributed by atoms with Gasteiger partial charge in [0.1, 0.15) is 0 Å². The predicted molar refractivity (Wildman–Crippen MR) is 77.6 cm³/mol. The third-order valence-electron chi connectivity index (χ3n) is 3.45. The zero-order valence-electron chi connectivity index (χ0n) is 11.7. The molecule has 0 fully saturated rings. The molecular weight excluding hydrogens is 222 g/mol. The SMILES string of the molecule is CCCCCC(N[C@@H](CC)CO)c1ccccc1. The first-order valence-electron chi connectivity index (χ1n) is 7.23. The van der Waals surface area contributed by atoms with E-state index in [0.29, 0.717) is 6.04 Å². The average Bonchev–Trinajstić information content (AvgIpc) is 2.44. The van der Waals surface area contributed by atoms with Gasteiger partial charge in [-0.15, -0.1) is 0 Å². The summed E-state index contributed by atoms with van der Waals surface area (Å²) in [5.41, 5.74) is 1.33. The molecule has 0 saturated heterocycles. The van der Waals surface area contributed by atoms with Crippen LogP contribution in [0.3, 0.4) is 0 Å². The molecular formula is C16H27NO. The molecule has 0 saturated carbocycles. The molecule has 0 aliphatic carbocycles. The van der Waals surface area contributed by atoms with Gasteiger partial charge in [0.05, 0.1) is 6.61 Å². The molecule has 18 heavy (non-hydrogen) atoms. The normalized spacial score (nSPS) is 14.4. The summed E-state index contributed by atoms with van der Waals surface area (Å²) in [4.78, 5) is 0. The first kappa shape index (κ1) is 15.2. The predicted octanol–water partition coefficient (Wildman–Crippen LogP) is 3.67. The summed E-state index contributed by atoms with van der Waals surface area (Å²) in [5.74, 6) is 0. The van der Waals surface area contributed by atoms with Gasteiger partial charge in [-0.2, -0.15) is 0 Å². The summed E-state index contributed by atoms with van der Waals surface area (Å²) in [6, 6.07) is 11.1. The molecule has 2 atom stereocenters. The lowest BCUT2D eigenvalue weighted by molar-refractivity contribution is 0.224.